The molecule has 0 aromatic carbocycles. The molecule has 0 fully saturated rings. The van der Waals surface area contributed by atoms with Crippen LogP contribution in [0.25, 0.3) is 0 Å². The number of halogens is 1. The summed E-state index contributed by atoms with van der Waals surface area (Å²) in [6.07, 6.45) is 1.89. The van der Waals surface area contributed by atoms with E-state index in [2.05, 4.69) is 38.7 Å². The number of aromatic nitrogens is 1. The third kappa shape index (κ3) is 4.29. The molecule has 0 saturated heterocycles. The van der Waals surface area contributed by atoms with E-state index in [1.165, 1.54) is 5.56 Å². The van der Waals surface area contributed by atoms with Crippen LogP contribution in [0.2, 0.25) is 0 Å². The maximum absolute atomic E-state index is 5.08. The van der Waals surface area contributed by atoms with Crippen molar-refractivity contribution in [3.8, 4) is 0 Å². The Labute approximate surface area is 107 Å². The van der Waals surface area contributed by atoms with E-state index in [-0.39, 0.29) is 21.5 Å². The SMILES string of the molecule is C[I-]NC(=S)Nc1ccc(C(C)C)cn1. The second-order valence-corrected chi connectivity index (χ2v) is 5.40. The van der Waals surface area contributed by atoms with Gasteiger partial charge < -0.3 is 0 Å². The third-order valence-corrected chi connectivity index (χ3v) is 3.52. The predicted molar refractivity (Wildman–Crippen MR) is 63.6 cm³/mol. The molecule has 0 spiro atoms. The van der Waals surface area contributed by atoms with Crippen molar-refractivity contribution in [1.29, 1.82) is 0 Å². The Bertz CT molecular complexity index is 324. The molecule has 0 saturated carbocycles. The van der Waals surface area contributed by atoms with Crippen molar-refractivity contribution in [3.63, 3.8) is 0 Å². The minimum absolute atomic E-state index is 0.0296. The van der Waals surface area contributed by atoms with Gasteiger partial charge in [-0.2, -0.15) is 0 Å². The number of pyridine rings is 1. The first-order valence-electron chi connectivity index (χ1n) is 4.65. The average Bonchev–Trinajstić information content (AvgIpc) is 2.18. The first-order chi connectivity index (χ1) is 7.13. The maximum atomic E-state index is 5.08. The Balaban J connectivity index is 2.60. The van der Waals surface area contributed by atoms with Gasteiger partial charge in [-0.3, -0.25) is 0 Å². The topological polar surface area (TPSA) is 37.0 Å². The quantitative estimate of drug-likeness (QED) is 0.326. The second-order valence-electron chi connectivity index (χ2n) is 3.37. The van der Waals surface area contributed by atoms with E-state index in [0.29, 0.717) is 11.0 Å². The molecular formula is C10H15IN3S-. The molecule has 0 aliphatic carbocycles. The van der Waals surface area contributed by atoms with E-state index in [4.69, 9.17) is 12.2 Å². The van der Waals surface area contributed by atoms with Crippen molar-refractivity contribution >= 4 is 23.1 Å². The molecule has 1 rings (SSSR count). The number of nitrogens with one attached hydrogen (secondary N) is 2. The summed E-state index contributed by atoms with van der Waals surface area (Å²) in [4.78, 5) is 6.41. The number of rotatable bonds is 3. The van der Waals surface area contributed by atoms with Gasteiger partial charge in [0.05, 0.1) is 0 Å². The van der Waals surface area contributed by atoms with Crippen LogP contribution in [0, 0.1) is 0 Å². The summed E-state index contributed by atoms with van der Waals surface area (Å²) in [5, 5.41) is 3.71. The summed E-state index contributed by atoms with van der Waals surface area (Å²) >= 11 is 5.06. The van der Waals surface area contributed by atoms with Gasteiger partial charge in [0.1, 0.15) is 0 Å². The molecule has 0 aliphatic heterocycles. The molecule has 1 aromatic heterocycles. The molecule has 2 N–H and O–H groups in total. The zero-order chi connectivity index (χ0) is 11.3. The van der Waals surface area contributed by atoms with Crippen LogP contribution < -0.4 is 30.3 Å². The van der Waals surface area contributed by atoms with E-state index < -0.39 is 0 Å². The fourth-order valence-corrected chi connectivity index (χ4v) is 2.29. The van der Waals surface area contributed by atoms with Crippen LogP contribution in [-0.4, -0.2) is 15.0 Å². The molecule has 5 heteroatoms. The van der Waals surface area contributed by atoms with Crippen LogP contribution in [0.15, 0.2) is 18.3 Å². The number of hydrogen-bond donors (Lipinski definition) is 2. The summed E-state index contributed by atoms with van der Waals surface area (Å²) in [6.45, 7) is 4.30. The van der Waals surface area contributed by atoms with Gasteiger partial charge in [0.25, 0.3) is 0 Å². The van der Waals surface area contributed by atoms with Crippen LogP contribution in [0.3, 0.4) is 0 Å². The molecule has 3 nitrogen and oxygen atoms in total. The molecule has 15 heavy (non-hydrogen) atoms. The van der Waals surface area contributed by atoms with E-state index in [0.717, 1.165) is 5.82 Å². The van der Waals surface area contributed by atoms with Crippen LogP contribution in [0.5, 0.6) is 0 Å². The van der Waals surface area contributed by atoms with Crippen molar-refractivity contribution in [2.45, 2.75) is 19.8 Å². The zero-order valence-corrected chi connectivity index (χ0v) is 12.0. The van der Waals surface area contributed by atoms with E-state index >= 15 is 0 Å². The van der Waals surface area contributed by atoms with E-state index in [1.807, 2.05) is 12.3 Å². The Morgan fingerprint density at radius 3 is 2.67 bits per heavy atom. The van der Waals surface area contributed by atoms with Gasteiger partial charge in [-0.25, -0.2) is 0 Å². The van der Waals surface area contributed by atoms with Gasteiger partial charge >= 0.3 is 107 Å². The summed E-state index contributed by atoms with van der Waals surface area (Å²) in [7, 11) is 0. The normalized spacial score (nSPS) is 10.4. The van der Waals surface area contributed by atoms with Gasteiger partial charge in [0, 0.05) is 0 Å². The first-order valence-corrected chi connectivity index (χ1v) is 8.29. The first kappa shape index (κ1) is 12.6. The van der Waals surface area contributed by atoms with Crippen molar-refractivity contribution in [3.05, 3.63) is 23.9 Å². The number of alkyl halides is 1. The van der Waals surface area contributed by atoms with Gasteiger partial charge in [0.15, 0.2) is 0 Å². The second kappa shape index (κ2) is 6.22. The summed E-state index contributed by atoms with van der Waals surface area (Å²) in [5.74, 6) is 1.31. The fourth-order valence-electron chi connectivity index (χ4n) is 1.05. The van der Waals surface area contributed by atoms with Crippen LogP contribution in [-0.2, 0) is 0 Å². The van der Waals surface area contributed by atoms with Gasteiger partial charge in [-0.1, -0.05) is 0 Å². The van der Waals surface area contributed by atoms with Crippen molar-refractivity contribution in [1.82, 2.24) is 8.51 Å². The number of hydrogen-bond acceptors (Lipinski definition) is 2. The zero-order valence-electron chi connectivity index (χ0n) is 9.04. The summed E-state index contributed by atoms with van der Waals surface area (Å²) < 4.78 is 3.12. The number of anilines is 1. The molecule has 0 bridgehead atoms. The van der Waals surface area contributed by atoms with Gasteiger partial charge in [-0.05, 0) is 0 Å². The van der Waals surface area contributed by atoms with Gasteiger partial charge in [0.2, 0.25) is 0 Å². The van der Waals surface area contributed by atoms with Crippen molar-refractivity contribution in [2.75, 3.05) is 10.2 Å². The third-order valence-electron chi connectivity index (χ3n) is 1.87. The van der Waals surface area contributed by atoms with Crippen molar-refractivity contribution in [2.24, 2.45) is 0 Å². The fraction of sp³-hybridized carbons (Fsp3) is 0.400. The average molecular weight is 336 g/mol. The molecule has 0 amide bonds. The van der Waals surface area contributed by atoms with Crippen LogP contribution >= 0.6 is 12.2 Å². The summed E-state index contributed by atoms with van der Waals surface area (Å²) in [5.41, 5.74) is 1.24. The molecule has 0 radical (unpaired) electrons. The Morgan fingerprint density at radius 1 is 1.47 bits per heavy atom. The number of nitrogens with zero attached hydrogens (tertiary/aromatic N) is 1. The Morgan fingerprint density at radius 2 is 2.20 bits per heavy atom. The van der Waals surface area contributed by atoms with Crippen LogP contribution in [0.1, 0.15) is 25.3 Å². The van der Waals surface area contributed by atoms with Gasteiger partial charge in [-0.15, -0.1) is 0 Å². The monoisotopic (exact) mass is 336 g/mol. The molecule has 84 valence electrons. The molecule has 1 aromatic rings. The molecule has 0 unspecified atom stereocenters. The predicted octanol–water partition coefficient (Wildman–Crippen LogP) is -0.875. The summed E-state index contributed by atoms with van der Waals surface area (Å²) in [6, 6.07) is 4.03. The molecule has 1 heterocycles. The van der Waals surface area contributed by atoms with E-state index in [1.54, 1.807) is 0 Å². The Kier molecular flexibility index (Phi) is 5.24. The standard InChI is InChI=1S/C10H15IN3S/c1-7(2)8-4-5-9(12-6-8)13-10(15)14-11-3/h4-7H,1-3H3,(H2,12,13,14,15)/q-1. The van der Waals surface area contributed by atoms with E-state index in [9.17, 15) is 0 Å². The Hall–Kier alpha value is -0.430. The molecule has 0 aliphatic rings. The minimum atomic E-state index is -0.0296. The molecular weight excluding hydrogens is 321 g/mol. The number of thiocarbonyl (C=S) groups is 1. The molecule has 0 atom stereocenters. The van der Waals surface area contributed by atoms with Crippen molar-refractivity contribution < 1.29 is 21.5 Å². The van der Waals surface area contributed by atoms with Crippen LogP contribution in [0.4, 0.5) is 5.82 Å².